The Morgan fingerprint density at radius 2 is 1.95 bits per heavy atom. The molecule has 5 nitrogen and oxygen atoms in total. The van der Waals surface area contributed by atoms with Gasteiger partial charge in [0.15, 0.2) is 0 Å². The first-order valence-electron chi connectivity index (χ1n) is 6.44. The number of anilines is 1. The zero-order chi connectivity index (χ0) is 16.0. The molecule has 0 saturated heterocycles. The molecule has 1 rings (SSSR count). The first-order valence-corrected chi connectivity index (χ1v) is 6.44. The van der Waals surface area contributed by atoms with E-state index in [0.717, 1.165) is 12.1 Å². The number of hydrogen-bond donors (Lipinski definition) is 2. The van der Waals surface area contributed by atoms with Crippen molar-refractivity contribution in [3.8, 4) is 0 Å². The number of nitrogens with one attached hydrogen (secondary N) is 2. The lowest BCUT2D eigenvalue weighted by Crippen LogP contribution is -2.44. The SMILES string of the molecule is COC(=O)C(CC(C)C)NC(=O)Nc1ccc(F)cc1F. The zero-order valence-electron chi connectivity index (χ0n) is 12.1. The molecule has 116 valence electrons. The van der Waals surface area contributed by atoms with E-state index < -0.39 is 29.7 Å². The van der Waals surface area contributed by atoms with E-state index in [4.69, 9.17) is 0 Å². The van der Waals surface area contributed by atoms with Crippen LogP contribution in [-0.4, -0.2) is 25.2 Å². The van der Waals surface area contributed by atoms with E-state index in [0.29, 0.717) is 12.5 Å². The molecule has 7 heteroatoms. The molecule has 2 amide bonds. The number of rotatable bonds is 5. The summed E-state index contributed by atoms with van der Waals surface area (Å²) >= 11 is 0. The summed E-state index contributed by atoms with van der Waals surface area (Å²) in [5.74, 6) is -2.08. The smallest absolute Gasteiger partial charge is 0.328 e. The number of halogens is 2. The summed E-state index contributed by atoms with van der Waals surface area (Å²) in [5.41, 5.74) is -0.179. The minimum atomic E-state index is -0.899. The maximum absolute atomic E-state index is 13.4. The van der Waals surface area contributed by atoms with E-state index in [9.17, 15) is 18.4 Å². The molecule has 0 saturated carbocycles. The van der Waals surface area contributed by atoms with Crippen molar-refractivity contribution in [1.29, 1.82) is 0 Å². The van der Waals surface area contributed by atoms with Crippen LogP contribution in [0.25, 0.3) is 0 Å². The van der Waals surface area contributed by atoms with Crippen molar-refractivity contribution in [2.75, 3.05) is 12.4 Å². The molecule has 0 fully saturated rings. The average Bonchev–Trinajstić information content (AvgIpc) is 2.39. The highest BCUT2D eigenvalue weighted by molar-refractivity contribution is 5.92. The standard InChI is InChI=1S/C14H18F2N2O3/c1-8(2)6-12(13(19)21-3)18-14(20)17-11-5-4-9(15)7-10(11)16/h4-5,7-8,12H,6H2,1-3H3,(H2,17,18,20). The molecule has 0 spiro atoms. The fraction of sp³-hybridized carbons (Fsp3) is 0.429. The Bertz CT molecular complexity index is 521. The van der Waals surface area contributed by atoms with Crippen LogP contribution in [0.5, 0.6) is 0 Å². The largest absolute Gasteiger partial charge is 0.467 e. The van der Waals surface area contributed by atoms with Crippen LogP contribution >= 0.6 is 0 Å². The Morgan fingerprint density at radius 1 is 1.29 bits per heavy atom. The van der Waals surface area contributed by atoms with Crippen LogP contribution in [0.4, 0.5) is 19.3 Å². The van der Waals surface area contributed by atoms with Crippen molar-refractivity contribution in [3.63, 3.8) is 0 Å². The topological polar surface area (TPSA) is 67.4 Å². The summed E-state index contributed by atoms with van der Waals surface area (Å²) in [7, 11) is 1.22. The van der Waals surface area contributed by atoms with E-state index in [1.54, 1.807) is 0 Å². The summed E-state index contributed by atoms with van der Waals surface area (Å²) < 4.78 is 30.8. The highest BCUT2D eigenvalue weighted by Crippen LogP contribution is 2.15. The molecule has 2 N–H and O–H groups in total. The molecule has 1 atom stereocenters. The molecule has 0 heterocycles. The van der Waals surface area contributed by atoms with Gasteiger partial charge in [-0.25, -0.2) is 18.4 Å². The molecule has 0 aliphatic rings. The lowest BCUT2D eigenvalue weighted by atomic mass is 10.0. The van der Waals surface area contributed by atoms with Gasteiger partial charge in [0.1, 0.15) is 17.7 Å². The lowest BCUT2D eigenvalue weighted by Gasteiger charge is -2.18. The molecule has 21 heavy (non-hydrogen) atoms. The fourth-order valence-electron chi connectivity index (χ4n) is 1.74. The number of methoxy groups -OCH3 is 1. The molecule has 0 bridgehead atoms. The third-order valence-electron chi connectivity index (χ3n) is 2.68. The maximum atomic E-state index is 13.4. The van der Waals surface area contributed by atoms with Crippen molar-refractivity contribution in [1.82, 2.24) is 5.32 Å². The van der Waals surface area contributed by atoms with E-state index in [2.05, 4.69) is 15.4 Å². The van der Waals surface area contributed by atoms with Gasteiger partial charge in [0.25, 0.3) is 0 Å². The van der Waals surface area contributed by atoms with Gasteiger partial charge in [-0.15, -0.1) is 0 Å². The van der Waals surface area contributed by atoms with Crippen molar-refractivity contribution >= 4 is 17.7 Å². The van der Waals surface area contributed by atoms with Crippen molar-refractivity contribution in [3.05, 3.63) is 29.8 Å². The van der Waals surface area contributed by atoms with E-state index in [-0.39, 0.29) is 11.6 Å². The second-order valence-electron chi connectivity index (χ2n) is 4.93. The Balaban J connectivity index is 2.71. The summed E-state index contributed by atoms with van der Waals surface area (Å²) in [6.07, 6.45) is 0.381. The minimum absolute atomic E-state index is 0.150. The first-order chi connectivity index (χ1) is 9.83. The van der Waals surface area contributed by atoms with Gasteiger partial charge in [0.05, 0.1) is 12.8 Å². The number of urea groups is 1. The van der Waals surface area contributed by atoms with Crippen LogP contribution in [0, 0.1) is 17.6 Å². The number of carbonyl (C=O) groups is 2. The van der Waals surface area contributed by atoms with Gasteiger partial charge in [-0.3, -0.25) is 0 Å². The zero-order valence-corrected chi connectivity index (χ0v) is 12.1. The predicted molar refractivity (Wildman–Crippen MR) is 73.8 cm³/mol. The number of amides is 2. The van der Waals surface area contributed by atoms with Gasteiger partial charge in [-0.1, -0.05) is 13.8 Å². The summed E-state index contributed by atoms with van der Waals surface area (Å²) in [6, 6.07) is 1.17. The maximum Gasteiger partial charge on any atom is 0.328 e. The van der Waals surface area contributed by atoms with Crippen LogP contribution in [-0.2, 0) is 9.53 Å². The van der Waals surface area contributed by atoms with Crippen LogP contribution in [0.15, 0.2) is 18.2 Å². The highest BCUT2D eigenvalue weighted by atomic mass is 19.1. The van der Waals surface area contributed by atoms with Crippen LogP contribution < -0.4 is 10.6 Å². The van der Waals surface area contributed by atoms with Crippen LogP contribution in [0.1, 0.15) is 20.3 Å². The molecule has 0 aliphatic heterocycles. The average molecular weight is 300 g/mol. The summed E-state index contributed by atoms with van der Waals surface area (Å²) in [5, 5.41) is 4.62. The lowest BCUT2D eigenvalue weighted by molar-refractivity contribution is -0.143. The third-order valence-corrected chi connectivity index (χ3v) is 2.68. The van der Waals surface area contributed by atoms with Gasteiger partial charge >= 0.3 is 12.0 Å². The minimum Gasteiger partial charge on any atom is -0.467 e. The molecule has 0 aliphatic carbocycles. The number of carbonyl (C=O) groups excluding carboxylic acids is 2. The number of benzene rings is 1. The molecule has 0 aromatic heterocycles. The number of ether oxygens (including phenoxy) is 1. The van der Waals surface area contributed by atoms with Crippen molar-refractivity contribution in [2.45, 2.75) is 26.3 Å². The molecule has 1 aromatic rings. The number of esters is 1. The van der Waals surface area contributed by atoms with Crippen molar-refractivity contribution < 1.29 is 23.1 Å². The highest BCUT2D eigenvalue weighted by Gasteiger charge is 2.22. The van der Waals surface area contributed by atoms with E-state index in [1.165, 1.54) is 7.11 Å². The Labute approximate surface area is 121 Å². The van der Waals surface area contributed by atoms with Crippen LogP contribution in [0.3, 0.4) is 0 Å². The van der Waals surface area contributed by atoms with Gasteiger partial charge in [0.2, 0.25) is 0 Å². The van der Waals surface area contributed by atoms with E-state index in [1.807, 2.05) is 13.8 Å². The second-order valence-corrected chi connectivity index (χ2v) is 4.93. The van der Waals surface area contributed by atoms with Gasteiger partial charge in [0, 0.05) is 6.07 Å². The molecular weight excluding hydrogens is 282 g/mol. The molecule has 1 aromatic carbocycles. The van der Waals surface area contributed by atoms with Gasteiger partial charge in [-0.05, 0) is 24.5 Å². The third kappa shape index (κ3) is 5.37. The van der Waals surface area contributed by atoms with Gasteiger partial charge < -0.3 is 15.4 Å². The molecule has 0 radical (unpaired) electrons. The number of hydrogen-bond acceptors (Lipinski definition) is 3. The molecular formula is C14H18F2N2O3. The summed E-state index contributed by atoms with van der Waals surface area (Å²) in [6.45, 7) is 3.77. The predicted octanol–water partition coefficient (Wildman–Crippen LogP) is 2.67. The Hall–Kier alpha value is -2.18. The summed E-state index contributed by atoms with van der Waals surface area (Å²) in [4.78, 5) is 23.3. The fourth-order valence-corrected chi connectivity index (χ4v) is 1.74. The monoisotopic (exact) mass is 300 g/mol. The quantitative estimate of drug-likeness (QED) is 0.822. The molecule has 1 unspecified atom stereocenters. The van der Waals surface area contributed by atoms with Gasteiger partial charge in [-0.2, -0.15) is 0 Å². The van der Waals surface area contributed by atoms with E-state index >= 15 is 0 Å². The Kier molecular flexibility index (Phi) is 6.08. The normalized spacial score (nSPS) is 11.9. The second kappa shape index (κ2) is 7.56. The van der Waals surface area contributed by atoms with Crippen LogP contribution in [0.2, 0.25) is 0 Å². The Morgan fingerprint density at radius 3 is 2.48 bits per heavy atom. The van der Waals surface area contributed by atoms with Crippen molar-refractivity contribution in [2.24, 2.45) is 5.92 Å². The first kappa shape index (κ1) is 16.9.